The molecule has 0 saturated heterocycles. The highest BCUT2D eigenvalue weighted by molar-refractivity contribution is 6.34. The summed E-state index contributed by atoms with van der Waals surface area (Å²) in [6.07, 6.45) is 0. The molecule has 0 aliphatic carbocycles. The van der Waals surface area contributed by atoms with E-state index < -0.39 is 18.6 Å². The molecule has 0 spiro atoms. The quantitative estimate of drug-likeness (QED) is 0.746. The Morgan fingerprint density at radius 3 is 2.69 bits per heavy atom. The molecule has 1 rings (SSSR count). The van der Waals surface area contributed by atoms with E-state index in [1.165, 1.54) is 0 Å². The third-order valence-electron chi connectivity index (χ3n) is 2.21. The maximum Gasteiger partial charge on any atom is 0.243 e. The molecular weight excluding hydrogens is 228 g/mol. The Kier molecular flexibility index (Phi) is 4.29. The fraction of sp³-hybridized carbons (Fsp3) is 0.364. The van der Waals surface area contributed by atoms with Crippen LogP contribution in [0.3, 0.4) is 0 Å². The summed E-state index contributed by atoms with van der Waals surface area (Å²) in [5, 5.41) is 11.8. The van der Waals surface area contributed by atoms with E-state index in [0.717, 1.165) is 11.1 Å². The highest BCUT2D eigenvalue weighted by Gasteiger charge is 2.15. The number of aryl methyl sites for hydroxylation is 2. The number of carbonyl (C=O) groups excluding carboxylic acids is 1. The molecule has 4 N–H and O–H groups in total. The van der Waals surface area contributed by atoms with Crippen molar-refractivity contribution in [2.45, 2.75) is 19.9 Å². The summed E-state index contributed by atoms with van der Waals surface area (Å²) < 4.78 is 0. The molecule has 16 heavy (non-hydrogen) atoms. The third-order valence-corrected chi connectivity index (χ3v) is 2.51. The van der Waals surface area contributed by atoms with Crippen molar-refractivity contribution in [2.75, 3.05) is 11.9 Å². The molecule has 0 saturated carbocycles. The number of benzene rings is 1. The molecule has 1 amide bonds. The zero-order chi connectivity index (χ0) is 12.3. The van der Waals surface area contributed by atoms with Crippen molar-refractivity contribution in [1.82, 2.24) is 0 Å². The number of carbonyl (C=O) groups is 1. The first kappa shape index (κ1) is 13.0. The Morgan fingerprint density at radius 1 is 1.56 bits per heavy atom. The van der Waals surface area contributed by atoms with E-state index in [9.17, 15) is 4.79 Å². The van der Waals surface area contributed by atoms with Crippen molar-refractivity contribution in [3.8, 4) is 0 Å². The molecule has 1 atom stereocenters. The number of amides is 1. The van der Waals surface area contributed by atoms with Gasteiger partial charge in [0.2, 0.25) is 5.91 Å². The average Bonchev–Trinajstić information content (AvgIpc) is 2.21. The van der Waals surface area contributed by atoms with Gasteiger partial charge in [-0.2, -0.15) is 0 Å². The normalized spacial score (nSPS) is 12.3. The fourth-order valence-corrected chi connectivity index (χ4v) is 1.74. The lowest BCUT2D eigenvalue weighted by atomic mass is 10.1. The standard InChI is InChI=1S/C11H15ClN2O2/c1-6-3-7(2)10(8(12)4-6)14-11(16)9(13)5-15/h3-4,9,15H,5,13H2,1-2H3,(H,14,16). The zero-order valence-corrected chi connectivity index (χ0v) is 10.0. The van der Waals surface area contributed by atoms with Crippen molar-refractivity contribution >= 4 is 23.2 Å². The average molecular weight is 243 g/mol. The lowest BCUT2D eigenvalue weighted by Crippen LogP contribution is -2.38. The van der Waals surface area contributed by atoms with Crippen LogP contribution in [-0.4, -0.2) is 23.7 Å². The highest BCUT2D eigenvalue weighted by atomic mass is 35.5. The van der Waals surface area contributed by atoms with Crippen molar-refractivity contribution in [3.63, 3.8) is 0 Å². The number of nitrogens with two attached hydrogens (primary N) is 1. The lowest BCUT2D eigenvalue weighted by Gasteiger charge is -2.13. The summed E-state index contributed by atoms with van der Waals surface area (Å²) >= 11 is 6.01. The van der Waals surface area contributed by atoms with E-state index in [2.05, 4.69) is 5.32 Å². The summed E-state index contributed by atoms with van der Waals surface area (Å²) in [6.45, 7) is 3.37. The van der Waals surface area contributed by atoms with E-state index in [-0.39, 0.29) is 0 Å². The maximum absolute atomic E-state index is 11.5. The molecule has 1 unspecified atom stereocenters. The van der Waals surface area contributed by atoms with Gasteiger partial charge in [0.25, 0.3) is 0 Å². The molecule has 88 valence electrons. The van der Waals surface area contributed by atoms with Gasteiger partial charge in [-0.3, -0.25) is 4.79 Å². The van der Waals surface area contributed by atoms with Crippen LogP contribution in [0.25, 0.3) is 0 Å². The van der Waals surface area contributed by atoms with E-state index >= 15 is 0 Å². The second-order valence-corrected chi connectivity index (χ2v) is 4.12. The van der Waals surface area contributed by atoms with Gasteiger partial charge in [-0.15, -0.1) is 0 Å². The van der Waals surface area contributed by atoms with Crippen molar-refractivity contribution in [2.24, 2.45) is 5.73 Å². The second-order valence-electron chi connectivity index (χ2n) is 3.72. The number of hydrogen-bond acceptors (Lipinski definition) is 3. The van der Waals surface area contributed by atoms with Crippen LogP contribution in [0.1, 0.15) is 11.1 Å². The Balaban J connectivity index is 2.93. The van der Waals surface area contributed by atoms with Crippen LogP contribution in [0.15, 0.2) is 12.1 Å². The summed E-state index contributed by atoms with van der Waals surface area (Å²) in [5.41, 5.74) is 7.82. The largest absolute Gasteiger partial charge is 0.394 e. The minimum atomic E-state index is -0.934. The lowest BCUT2D eigenvalue weighted by molar-refractivity contribution is -0.118. The molecule has 0 aromatic heterocycles. The van der Waals surface area contributed by atoms with Gasteiger partial charge in [0.05, 0.1) is 17.3 Å². The SMILES string of the molecule is Cc1cc(C)c(NC(=O)C(N)CO)c(Cl)c1. The van der Waals surface area contributed by atoms with E-state index in [4.69, 9.17) is 22.4 Å². The summed E-state index contributed by atoms with van der Waals surface area (Å²) in [6, 6.07) is 2.73. The Hall–Kier alpha value is -1.10. The molecule has 0 fully saturated rings. The summed E-state index contributed by atoms with van der Waals surface area (Å²) in [4.78, 5) is 11.5. The maximum atomic E-state index is 11.5. The molecular formula is C11H15ClN2O2. The van der Waals surface area contributed by atoms with Gasteiger partial charge in [-0.05, 0) is 31.0 Å². The minimum absolute atomic E-state index is 0.394. The Morgan fingerprint density at radius 2 is 2.19 bits per heavy atom. The van der Waals surface area contributed by atoms with Crippen molar-refractivity contribution < 1.29 is 9.90 Å². The third kappa shape index (κ3) is 2.95. The van der Waals surface area contributed by atoms with E-state index in [1.807, 2.05) is 19.9 Å². The summed E-state index contributed by atoms with van der Waals surface area (Å²) in [5.74, 6) is -0.448. The molecule has 5 heteroatoms. The second kappa shape index (κ2) is 5.30. The predicted octanol–water partition coefficient (Wildman–Crippen LogP) is 1.21. The van der Waals surface area contributed by atoms with E-state index in [0.29, 0.717) is 10.7 Å². The minimum Gasteiger partial charge on any atom is -0.394 e. The fourth-order valence-electron chi connectivity index (χ4n) is 1.37. The van der Waals surface area contributed by atoms with Crippen molar-refractivity contribution in [1.29, 1.82) is 0 Å². The molecule has 0 aliphatic rings. The topological polar surface area (TPSA) is 75.4 Å². The number of hydrogen-bond donors (Lipinski definition) is 3. The van der Waals surface area contributed by atoms with Gasteiger partial charge in [-0.25, -0.2) is 0 Å². The van der Waals surface area contributed by atoms with Crippen LogP contribution in [0.4, 0.5) is 5.69 Å². The predicted molar refractivity (Wildman–Crippen MR) is 64.6 cm³/mol. The van der Waals surface area contributed by atoms with Crippen LogP contribution in [-0.2, 0) is 4.79 Å². The van der Waals surface area contributed by atoms with Crippen molar-refractivity contribution in [3.05, 3.63) is 28.3 Å². The van der Waals surface area contributed by atoms with Crippen LogP contribution in [0.2, 0.25) is 5.02 Å². The van der Waals surface area contributed by atoms with Crippen LogP contribution >= 0.6 is 11.6 Å². The Labute approximate surface area is 99.4 Å². The van der Waals surface area contributed by atoms with Gasteiger partial charge in [0.1, 0.15) is 6.04 Å². The number of anilines is 1. The van der Waals surface area contributed by atoms with Gasteiger partial charge < -0.3 is 16.2 Å². The van der Waals surface area contributed by atoms with E-state index in [1.54, 1.807) is 6.07 Å². The van der Waals surface area contributed by atoms with Gasteiger partial charge >= 0.3 is 0 Å². The number of halogens is 1. The number of aliphatic hydroxyl groups is 1. The smallest absolute Gasteiger partial charge is 0.243 e. The molecule has 1 aromatic carbocycles. The molecule has 0 aliphatic heterocycles. The first-order valence-corrected chi connectivity index (χ1v) is 5.27. The Bertz CT molecular complexity index is 384. The highest BCUT2D eigenvalue weighted by Crippen LogP contribution is 2.27. The number of nitrogens with one attached hydrogen (secondary N) is 1. The number of rotatable bonds is 3. The zero-order valence-electron chi connectivity index (χ0n) is 9.25. The molecule has 0 radical (unpaired) electrons. The van der Waals surface area contributed by atoms with Gasteiger partial charge in [-0.1, -0.05) is 17.7 Å². The van der Waals surface area contributed by atoms with Gasteiger partial charge in [0, 0.05) is 0 Å². The monoisotopic (exact) mass is 242 g/mol. The molecule has 0 heterocycles. The first-order valence-electron chi connectivity index (χ1n) is 4.89. The summed E-state index contributed by atoms with van der Waals surface area (Å²) in [7, 11) is 0. The van der Waals surface area contributed by atoms with Crippen LogP contribution in [0, 0.1) is 13.8 Å². The first-order chi connectivity index (χ1) is 7.45. The number of aliphatic hydroxyl groups excluding tert-OH is 1. The molecule has 0 bridgehead atoms. The van der Waals surface area contributed by atoms with Gasteiger partial charge in [0.15, 0.2) is 0 Å². The van der Waals surface area contributed by atoms with Crippen LogP contribution < -0.4 is 11.1 Å². The molecule has 4 nitrogen and oxygen atoms in total. The van der Waals surface area contributed by atoms with Crippen LogP contribution in [0.5, 0.6) is 0 Å². The molecule has 1 aromatic rings.